The van der Waals surface area contributed by atoms with E-state index in [0.29, 0.717) is 22.1 Å². The summed E-state index contributed by atoms with van der Waals surface area (Å²) in [5.74, 6) is 0.485. The van der Waals surface area contributed by atoms with Crippen molar-refractivity contribution in [2.24, 2.45) is 5.73 Å². The molecule has 94 valence electrons. The SMILES string of the molecule is C[C@@H](N)c1c(F)cccc1Oc1ccccc1Cl. The predicted octanol–water partition coefficient (Wildman–Crippen LogP) is 4.29. The fourth-order valence-corrected chi connectivity index (χ4v) is 1.87. The van der Waals surface area contributed by atoms with Crippen molar-refractivity contribution in [3.63, 3.8) is 0 Å². The molecule has 18 heavy (non-hydrogen) atoms. The number of hydrogen-bond acceptors (Lipinski definition) is 2. The van der Waals surface area contributed by atoms with Gasteiger partial charge < -0.3 is 10.5 Å². The standard InChI is InChI=1S/C14H13ClFNO/c1-9(17)14-11(16)6-4-8-13(14)18-12-7-3-2-5-10(12)15/h2-9H,17H2,1H3/t9-/m1/s1. The van der Waals surface area contributed by atoms with Gasteiger partial charge in [-0.25, -0.2) is 4.39 Å². The molecule has 2 N–H and O–H groups in total. The van der Waals surface area contributed by atoms with E-state index in [4.69, 9.17) is 22.1 Å². The van der Waals surface area contributed by atoms with Gasteiger partial charge >= 0.3 is 0 Å². The monoisotopic (exact) mass is 265 g/mol. The first-order valence-corrected chi connectivity index (χ1v) is 5.93. The number of benzene rings is 2. The van der Waals surface area contributed by atoms with E-state index < -0.39 is 6.04 Å². The van der Waals surface area contributed by atoms with Crippen molar-refractivity contribution in [3.8, 4) is 11.5 Å². The molecule has 0 saturated carbocycles. The van der Waals surface area contributed by atoms with E-state index in [-0.39, 0.29) is 5.82 Å². The lowest BCUT2D eigenvalue weighted by Gasteiger charge is -2.15. The van der Waals surface area contributed by atoms with Crippen LogP contribution in [0.15, 0.2) is 42.5 Å². The zero-order chi connectivity index (χ0) is 13.1. The Morgan fingerprint density at radius 3 is 2.44 bits per heavy atom. The summed E-state index contributed by atoms with van der Waals surface area (Å²) in [6.07, 6.45) is 0. The van der Waals surface area contributed by atoms with E-state index in [0.717, 1.165) is 0 Å². The number of ether oxygens (including phenoxy) is 1. The van der Waals surface area contributed by atoms with Gasteiger partial charge in [0, 0.05) is 11.6 Å². The van der Waals surface area contributed by atoms with Crippen molar-refractivity contribution in [2.75, 3.05) is 0 Å². The van der Waals surface area contributed by atoms with Gasteiger partial charge in [0.2, 0.25) is 0 Å². The molecule has 2 aromatic rings. The van der Waals surface area contributed by atoms with Crippen LogP contribution in [0.4, 0.5) is 4.39 Å². The average molecular weight is 266 g/mol. The van der Waals surface area contributed by atoms with Crippen molar-refractivity contribution >= 4 is 11.6 Å². The molecular weight excluding hydrogens is 253 g/mol. The summed E-state index contributed by atoms with van der Waals surface area (Å²) < 4.78 is 19.3. The Morgan fingerprint density at radius 2 is 1.78 bits per heavy atom. The van der Waals surface area contributed by atoms with E-state index in [1.807, 2.05) is 0 Å². The zero-order valence-electron chi connectivity index (χ0n) is 9.86. The molecule has 0 saturated heterocycles. The minimum Gasteiger partial charge on any atom is -0.455 e. The molecule has 0 fully saturated rings. The highest BCUT2D eigenvalue weighted by Crippen LogP contribution is 2.33. The van der Waals surface area contributed by atoms with Gasteiger partial charge in [0.25, 0.3) is 0 Å². The van der Waals surface area contributed by atoms with Crippen LogP contribution in [0, 0.1) is 5.82 Å². The number of halogens is 2. The van der Waals surface area contributed by atoms with Crippen LogP contribution >= 0.6 is 11.6 Å². The summed E-state index contributed by atoms with van der Waals surface area (Å²) in [6.45, 7) is 1.71. The third-order valence-corrected chi connectivity index (χ3v) is 2.84. The Balaban J connectivity index is 2.41. The van der Waals surface area contributed by atoms with Gasteiger partial charge in [0.05, 0.1) is 5.02 Å². The van der Waals surface area contributed by atoms with Crippen LogP contribution in [-0.4, -0.2) is 0 Å². The van der Waals surface area contributed by atoms with Gasteiger partial charge in [-0.2, -0.15) is 0 Å². The summed E-state index contributed by atoms with van der Waals surface area (Å²) >= 11 is 6.00. The number of para-hydroxylation sites is 1. The maximum absolute atomic E-state index is 13.7. The molecule has 0 aliphatic carbocycles. The maximum Gasteiger partial charge on any atom is 0.146 e. The van der Waals surface area contributed by atoms with Crippen molar-refractivity contribution in [1.29, 1.82) is 0 Å². The topological polar surface area (TPSA) is 35.2 Å². The second kappa shape index (κ2) is 5.38. The summed E-state index contributed by atoms with van der Waals surface area (Å²) in [7, 11) is 0. The van der Waals surface area contributed by atoms with Gasteiger partial charge in [-0.05, 0) is 31.2 Å². The van der Waals surface area contributed by atoms with Crippen molar-refractivity contribution in [3.05, 3.63) is 58.9 Å². The van der Waals surface area contributed by atoms with Gasteiger partial charge in [0.15, 0.2) is 0 Å². The third kappa shape index (κ3) is 2.63. The molecular formula is C14H13ClFNO. The van der Waals surface area contributed by atoms with Crippen molar-refractivity contribution < 1.29 is 9.13 Å². The lowest BCUT2D eigenvalue weighted by Crippen LogP contribution is -2.09. The number of hydrogen-bond donors (Lipinski definition) is 1. The van der Waals surface area contributed by atoms with Gasteiger partial charge in [-0.1, -0.05) is 29.8 Å². The molecule has 0 aromatic heterocycles. The van der Waals surface area contributed by atoms with E-state index in [2.05, 4.69) is 0 Å². The number of rotatable bonds is 3. The second-order valence-electron chi connectivity index (χ2n) is 3.97. The van der Waals surface area contributed by atoms with Gasteiger partial charge in [0.1, 0.15) is 17.3 Å². The minimum absolute atomic E-state index is 0.345. The molecule has 0 radical (unpaired) electrons. The van der Waals surface area contributed by atoms with E-state index in [1.54, 1.807) is 43.3 Å². The zero-order valence-corrected chi connectivity index (χ0v) is 10.6. The molecule has 0 amide bonds. The highest BCUT2D eigenvalue weighted by atomic mass is 35.5. The van der Waals surface area contributed by atoms with E-state index in [9.17, 15) is 4.39 Å². The quantitative estimate of drug-likeness (QED) is 0.898. The number of nitrogens with two attached hydrogens (primary N) is 1. The summed E-state index contributed by atoms with van der Waals surface area (Å²) in [5, 5.41) is 0.470. The molecule has 0 heterocycles. The Hall–Kier alpha value is -1.58. The molecule has 0 aliphatic rings. The highest BCUT2D eigenvalue weighted by molar-refractivity contribution is 6.32. The molecule has 2 rings (SSSR count). The van der Waals surface area contributed by atoms with Crippen LogP contribution < -0.4 is 10.5 Å². The molecule has 2 aromatic carbocycles. The molecule has 0 aliphatic heterocycles. The van der Waals surface area contributed by atoms with E-state index in [1.165, 1.54) is 6.07 Å². The minimum atomic E-state index is -0.455. The third-order valence-electron chi connectivity index (χ3n) is 2.52. The van der Waals surface area contributed by atoms with Crippen molar-refractivity contribution in [2.45, 2.75) is 13.0 Å². The van der Waals surface area contributed by atoms with Crippen LogP contribution in [0.25, 0.3) is 0 Å². The summed E-state index contributed by atoms with van der Waals surface area (Å²) in [6, 6.07) is 11.2. The molecule has 0 unspecified atom stereocenters. The maximum atomic E-state index is 13.7. The van der Waals surface area contributed by atoms with Crippen LogP contribution in [0.1, 0.15) is 18.5 Å². The lowest BCUT2D eigenvalue weighted by molar-refractivity contribution is 0.461. The first-order valence-electron chi connectivity index (χ1n) is 5.56. The summed E-state index contributed by atoms with van der Waals surface area (Å²) in [4.78, 5) is 0. The highest BCUT2D eigenvalue weighted by Gasteiger charge is 2.14. The van der Waals surface area contributed by atoms with Crippen LogP contribution in [-0.2, 0) is 0 Å². The molecule has 4 heteroatoms. The van der Waals surface area contributed by atoms with Crippen LogP contribution in [0.5, 0.6) is 11.5 Å². The van der Waals surface area contributed by atoms with Crippen LogP contribution in [0.2, 0.25) is 5.02 Å². The fourth-order valence-electron chi connectivity index (χ4n) is 1.69. The largest absolute Gasteiger partial charge is 0.455 e. The van der Waals surface area contributed by atoms with Gasteiger partial charge in [-0.15, -0.1) is 0 Å². The first-order chi connectivity index (χ1) is 8.59. The normalized spacial score (nSPS) is 12.2. The first kappa shape index (κ1) is 12.9. The predicted molar refractivity (Wildman–Crippen MR) is 70.5 cm³/mol. The fraction of sp³-hybridized carbons (Fsp3) is 0.143. The molecule has 0 spiro atoms. The second-order valence-corrected chi connectivity index (χ2v) is 4.38. The van der Waals surface area contributed by atoms with Crippen LogP contribution in [0.3, 0.4) is 0 Å². The molecule has 2 nitrogen and oxygen atoms in total. The smallest absolute Gasteiger partial charge is 0.146 e. The Labute approximate surface area is 110 Å². The lowest BCUT2D eigenvalue weighted by atomic mass is 10.1. The Morgan fingerprint density at radius 1 is 1.11 bits per heavy atom. The Bertz CT molecular complexity index is 557. The Kier molecular flexibility index (Phi) is 3.84. The molecule has 1 atom stereocenters. The average Bonchev–Trinajstić information content (AvgIpc) is 2.31. The van der Waals surface area contributed by atoms with E-state index >= 15 is 0 Å². The van der Waals surface area contributed by atoms with Gasteiger partial charge in [-0.3, -0.25) is 0 Å². The molecule has 0 bridgehead atoms. The van der Waals surface area contributed by atoms with Crippen molar-refractivity contribution in [1.82, 2.24) is 0 Å². The summed E-state index contributed by atoms with van der Waals surface area (Å²) in [5.41, 5.74) is 6.10.